The number of ether oxygens (including phenoxy) is 1. The zero-order valence-corrected chi connectivity index (χ0v) is 10.8. The maximum atomic E-state index is 13.2. The van der Waals surface area contributed by atoms with Gasteiger partial charge in [-0.15, -0.1) is 0 Å². The number of rotatable bonds is 1. The first-order valence-electron chi connectivity index (χ1n) is 6.07. The number of halogens is 2. The van der Waals surface area contributed by atoms with E-state index < -0.39 is 17.5 Å². The zero-order chi connectivity index (χ0) is 14.2. The van der Waals surface area contributed by atoms with Crippen molar-refractivity contribution in [3.8, 4) is 0 Å². The molecule has 0 aliphatic carbocycles. The standard InChI is InChI=1S/C13H16F2N2O2/c1-7-5-17(6-8(2)19-7)13(18)9-3-10(14)11(15)4-12(9)16/h3-4,7-8H,5-6,16H2,1-2H3/t7-,8+. The minimum Gasteiger partial charge on any atom is -0.398 e. The van der Waals surface area contributed by atoms with E-state index in [9.17, 15) is 13.6 Å². The van der Waals surface area contributed by atoms with Gasteiger partial charge < -0.3 is 15.4 Å². The maximum absolute atomic E-state index is 13.2. The molecule has 0 spiro atoms. The number of benzene rings is 1. The summed E-state index contributed by atoms with van der Waals surface area (Å²) in [5, 5.41) is 0. The third-order valence-corrected chi connectivity index (χ3v) is 3.03. The predicted molar refractivity (Wildman–Crippen MR) is 66.7 cm³/mol. The highest BCUT2D eigenvalue weighted by Crippen LogP contribution is 2.21. The van der Waals surface area contributed by atoms with Gasteiger partial charge in [0.15, 0.2) is 11.6 Å². The molecular weight excluding hydrogens is 254 g/mol. The highest BCUT2D eigenvalue weighted by Gasteiger charge is 2.28. The van der Waals surface area contributed by atoms with Crippen molar-refractivity contribution >= 4 is 11.6 Å². The quantitative estimate of drug-likeness (QED) is 0.792. The number of anilines is 1. The number of hydrogen-bond acceptors (Lipinski definition) is 3. The molecule has 1 heterocycles. The summed E-state index contributed by atoms with van der Waals surface area (Å²) in [6, 6.07) is 1.67. The number of nitrogens with zero attached hydrogens (tertiary/aromatic N) is 1. The van der Waals surface area contributed by atoms with Crippen molar-refractivity contribution < 1.29 is 18.3 Å². The molecule has 2 rings (SSSR count). The molecule has 1 saturated heterocycles. The van der Waals surface area contributed by atoms with Crippen molar-refractivity contribution in [2.45, 2.75) is 26.1 Å². The molecule has 2 atom stereocenters. The molecule has 0 radical (unpaired) electrons. The van der Waals surface area contributed by atoms with Crippen LogP contribution in [0.15, 0.2) is 12.1 Å². The van der Waals surface area contributed by atoms with Crippen LogP contribution < -0.4 is 5.73 Å². The van der Waals surface area contributed by atoms with Crippen molar-refractivity contribution in [1.29, 1.82) is 0 Å². The van der Waals surface area contributed by atoms with E-state index in [4.69, 9.17) is 10.5 Å². The highest BCUT2D eigenvalue weighted by atomic mass is 19.2. The van der Waals surface area contributed by atoms with Crippen LogP contribution in [0.5, 0.6) is 0 Å². The van der Waals surface area contributed by atoms with E-state index in [1.165, 1.54) is 0 Å². The van der Waals surface area contributed by atoms with Gasteiger partial charge in [-0.25, -0.2) is 8.78 Å². The first-order valence-corrected chi connectivity index (χ1v) is 6.07. The van der Waals surface area contributed by atoms with Crippen LogP contribution in [-0.2, 0) is 4.74 Å². The molecule has 1 aliphatic heterocycles. The summed E-state index contributed by atoms with van der Waals surface area (Å²) in [6.45, 7) is 4.51. The zero-order valence-electron chi connectivity index (χ0n) is 10.8. The number of amides is 1. The molecule has 19 heavy (non-hydrogen) atoms. The molecule has 2 N–H and O–H groups in total. The number of carbonyl (C=O) groups is 1. The Hall–Kier alpha value is -1.69. The fourth-order valence-electron chi connectivity index (χ4n) is 2.26. The minimum atomic E-state index is -1.08. The molecule has 0 bridgehead atoms. The number of carbonyl (C=O) groups excluding carboxylic acids is 1. The van der Waals surface area contributed by atoms with Gasteiger partial charge in [-0.05, 0) is 19.9 Å². The van der Waals surface area contributed by atoms with Gasteiger partial charge in [0, 0.05) is 24.8 Å². The van der Waals surface area contributed by atoms with E-state index >= 15 is 0 Å². The smallest absolute Gasteiger partial charge is 0.256 e. The largest absolute Gasteiger partial charge is 0.398 e. The molecule has 0 aromatic heterocycles. The first-order chi connectivity index (χ1) is 8.88. The van der Waals surface area contributed by atoms with Gasteiger partial charge in [-0.3, -0.25) is 4.79 Å². The summed E-state index contributed by atoms with van der Waals surface area (Å²) in [4.78, 5) is 13.8. The third kappa shape index (κ3) is 2.84. The van der Waals surface area contributed by atoms with E-state index in [1.807, 2.05) is 13.8 Å². The molecule has 1 amide bonds. The van der Waals surface area contributed by atoms with Gasteiger partial charge in [0.25, 0.3) is 5.91 Å². The van der Waals surface area contributed by atoms with Gasteiger partial charge in [0.2, 0.25) is 0 Å². The second kappa shape index (κ2) is 5.13. The summed E-state index contributed by atoms with van der Waals surface area (Å²) in [6.07, 6.45) is -0.196. The van der Waals surface area contributed by atoms with Crippen LogP contribution in [0.4, 0.5) is 14.5 Å². The van der Waals surface area contributed by atoms with Crippen molar-refractivity contribution in [2.24, 2.45) is 0 Å². The fourth-order valence-corrected chi connectivity index (χ4v) is 2.26. The molecule has 4 nitrogen and oxygen atoms in total. The van der Waals surface area contributed by atoms with E-state index in [0.29, 0.717) is 13.1 Å². The minimum absolute atomic E-state index is 0.0137. The van der Waals surface area contributed by atoms with Gasteiger partial charge in [0.1, 0.15) is 0 Å². The Morgan fingerprint density at radius 2 is 1.79 bits per heavy atom. The maximum Gasteiger partial charge on any atom is 0.256 e. The number of morpholine rings is 1. The Labute approximate surface area is 110 Å². The van der Waals surface area contributed by atoms with Crippen LogP contribution in [0, 0.1) is 11.6 Å². The molecule has 0 unspecified atom stereocenters. The van der Waals surface area contributed by atoms with Crippen LogP contribution in [0.25, 0.3) is 0 Å². The summed E-state index contributed by atoms with van der Waals surface area (Å²) >= 11 is 0. The molecule has 1 aromatic carbocycles. The fraction of sp³-hybridized carbons (Fsp3) is 0.462. The molecule has 6 heteroatoms. The lowest BCUT2D eigenvalue weighted by Crippen LogP contribution is -2.48. The molecule has 1 aliphatic rings. The van der Waals surface area contributed by atoms with Crippen LogP contribution in [0.2, 0.25) is 0 Å². The SMILES string of the molecule is C[C@@H]1CN(C(=O)c2cc(F)c(F)cc2N)C[C@H](C)O1. The third-order valence-electron chi connectivity index (χ3n) is 3.03. The lowest BCUT2D eigenvalue weighted by Gasteiger charge is -2.35. The predicted octanol–water partition coefficient (Wildman–Crippen LogP) is 1.80. The Bertz CT molecular complexity index is 498. The molecule has 0 saturated carbocycles. The second-order valence-electron chi connectivity index (χ2n) is 4.82. The summed E-state index contributed by atoms with van der Waals surface area (Å²) < 4.78 is 31.7. The molecule has 1 fully saturated rings. The van der Waals surface area contributed by atoms with Crippen molar-refractivity contribution in [2.75, 3.05) is 18.8 Å². The van der Waals surface area contributed by atoms with Crippen molar-refractivity contribution in [1.82, 2.24) is 4.90 Å². The van der Waals surface area contributed by atoms with Crippen molar-refractivity contribution in [3.05, 3.63) is 29.3 Å². The summed E-state index contributed by atoms with van der Waals surface area (Å²) in [7, 11) is 0. The molecular formula is C13H16F2N2O2. The topological polar surface area (TPSA) is 55.6 Å². The Balaban J connectivity index is 2.26. The Kier molecular flexibility index (Phi) is 3.71. The number of nitrogen functional groups attached to an aromatic ring is 1. The highest BCUT2D eigenvalue weighted by molar-refractivity contribution is 5.99. The van der Waals surface area contributed by atoms with Crippen LogP contribution in [-0.4, -0.2) is 36.1 Å². The summed E-state index contributed by atoms with van der Waals surface area (Å²) in [5.74, 6) is -2.54. The van der Waals surface area contributed by atoms with Gasteiger partial charge >= 0.3 is 0 Å². The van der Waals surface area contributed by atoms with E-state index in [2.05, 4.69) is 0 Å². The number of hydrogen-bond donors (Lipinski definition) is 1. The van der Waals surface area contributed by atoms with Crippen molar-refractivity contribution in [3.63, 3.8) is 0 Å². The van der Waals surface area contributed by atoms with Gasteiger partial charge in [-0.1, -0.05) is 0 Å². The van der Waals surface area contributed by atoms with Gasteiger partial charge in [-0.2, -0.15) is 0 Å². The summed E-state index contributed by atoms with van der Waals surface area (Å²) in [5.41, 5.74) is 5.51. The van der Waals surface area contributed by atoms with E-state index in [1.54, 1.807) is 4.90 Å². The average molecular weight is 270 g/mol. The lowest BCUT2D eigenvalue weighted by atomic mass is 10.1. The Morgan fingerprint density at radius 3 is 2.37 bits per heavy atom. The second-order valence-corrected chi connectivity index (χ2v) is 4.82. The molecule has 1 aromatic rings. The van der Waals surface area contributed by atoms with E-state index in [-0.39, 0.29) is 23.5 Å². The van der Waals surface area contributed by atoms with Gasteiger partial charge in [0.05, 0.1) is 17.8 Å². The van der Waals surface area contributed by atoms with Crippen LogP contribution in [0.1, 0.15) is 24.2 Å². The van der Waals surface area contributed by atoms with E-state index in [0.717, 1.165) is 12.1 Å². The first kappa shape index (κ1) is 13.7. The van der Waals surface area contributed by atoms with Crippen LogP contribution in [0.3, 0.4) is 0 Å². The van der Waals surface area contributed by atoms with Crippen LogP contribution >= 0.6 is 0 Å². The molecule has 104 valence electrons. The Morgan fingerprint density at radius 1 is 1.26 bits per heavy atom. The number of nitrogens with two attached hydrogens (primary N) is 1. The normalized spacial score (nSPS) is 23.5. The average Bonchev–Trinajstić information content (AvgIpc) is 2.31. The lowest BCUT2D eigenvalue weighted by molar-refractivity contribution is -0.0586. The monoisotopic (exact) mass is 270 g/mol.